The molecule has 4 aromatic carbocycles. The summed E-state index contributed by atoms with van der Waals surface area (Å²) in [6.07, 6.45) is 39.2. The quantitative estimate of drug-likeness (QED) is 0.0724. The molecular weight excluding hydrogens is 1020 g/mol. The zero-order chi connectivity index (χ0) is 50.5. The fourth-order valence-corrected chi connectivity index (χ4v) is 26.0. The number of hydrogen-bond donors (Lipinski definition) is 0. The second kappa shape index (κ2) is 27.6. The van der Waals surface area contributed by atoms with Crippen LogP contribution < -0.4 is 9.80 Å². The topological polar surface area (TPSA) is 6.48 Å². The monoisotopic (exact) mass is 1120 g/mol. The maximum absolute atomic E-state index is 8.33. The Morgan fingerprint density at radius 2 is 0.819 bits per heavy atom. The van der Waals surface area contributed by atoms with Gasteiger partial charge in [0.2, 0.25) is 0 Å². The van der Waals surface area contributed by atoms with Crippen molar-refractivity contribution >= 4 is 52.7 Å². The molecule has 394 valence electrons. The molecule has 1 aliphatic heterocycles. The van der Waals surface area contributed by atoms with E-state index in [2.05, 4.69) is 136 Å². The van der Waals surface area contributed by atoms with Gasteiger partial charge < -0.3 is 0 Å². The van der Waals surface area contributed by atoms with E-state index < -0.39 is 11.9 Å². The van der Waals surface area contributed by atoms with Gasteiger partial charge in [-0.15, -0.1) is 0 Å². The van der Waals surface area contributed by atoms with Crippen LogP contribution in [0.15, 0.2) is 84.9 Å². The van der Waals surface area contributed by atoms with E-state index in [9.17, 15) is 0 Å². The Labute approximate surface area is 451 Å². The first kappa shape index (κ1) is 55.8. The fraction of sp³-hybridized carbons (Fsp3) is 0.576. The van der Waals surface area contributed by atoms with Crippen LogP contribution in [-0.4, -0.2) is 38.5 Å². The molecule has 0 bridgehead atoms. The molecule has 6 heteroatoms. The Balaban J connectivity index is 0.000000303. The van der Waals surface area contributed by atoms with Gasteiger partial charge in [0.15, 0.2) is 0 Å². The summed E-state index contributed by atoms with van der Waals surface area (Å²) in [6.45, 7) is 15.6. The third-order valence-corrected chi connectivity index (χ3v) is 28.3. The molecule has 2 nitrogen and oxygen atoms in total. The van der Waals surface area contributed by atoms with Gasteiger partial charge in [-0.05, 0) is 77.0 Å². The first-order valence-electron chi connectivity index (χ1n) is 29.7. The van der Waals surface area contributed by atoms with Gasteiger partial charge in [0.1, 0.15) is 0 Å². The van der Waals surface area contributed by atoms with Crippen molar-refractivity contribution in [2.75, 3.05) is 22.9 Å². The SMILES string of the molecule is C1CCC([PH+](C2CCCCC2)C2CCCCC2)CC1.CCCc1cc(CCC)c(N2CCN(c3c(CCC)cc(CCC)cc3CCC)[C]2=[Ru]([Cl])([Cl])=[C]2C=C(c3ccccc3)c3ccccc32)c(CCC)c1. The van der Waals surface area contributed by atoms with E-state index in [4.69, 9.17) is 19.4 Å². The summed E-state index contributed by atoms with van der Waals surface area (Å²) in [4.78, 5) is 5.26. The van der Waals surface area contributed by atoms with Gasteiger partial charge in [-0.1, -0.05) is 19.3 Å². The summed E-state index contributed by atoms with van der Waals surface area (Å²) >= 11 is -3.91. The molecule has 0 amide bonds. The van der Waals surface area contributed by atoms with Gasteiger partial charge in [-0.25, -0.2) is 0 Å². The molecule has 9 rings (SSSR count). The van der Waals surface area contributed by atoms with Gasteiger partial charge in [-0.3, -0.25) is 0 Å². The van der Waals surface area contributed by atoms with Gasteiger partial charge in [0, 0.05) is 7.92 Å². The van der Waals surface area contributed by atoms with E-state index in [0.29, 0.717) is 0 Å². The third-order valence-electron chi connectivity index (χ3n) is 16.8. The van der Waals surface area contributed by atoms with Crippen LogP contribution in [0, 0.1) is 0 Å². The molecule has 0 N–H and O–H groups in total. The zero-order valence-electron chi connectivity index (χ0n) is 45.8. The second-order valence-corrected chi connectivity index (χ2v) is 35.0. The second-order valence-electron chi connectivity index (χ2n) is 22.3. The number of anilines is 2. The van der Waals surface area contributed by atoms with Crippen LogP contribution in [0.1, 0.15) is 226 Å². The molecule has 4 fully saturated rings. The van der Waals surface area contributed by atoms with Crippen molar-refractivity contribution < 1.29 is 11.9 Å². The van der Waals surface area contributed by atoms with E-state index in [1.807, 2.05) is 0 Å². The summed E-state index contributed by atoms with van der Waals surface area (Å²) in [6, 6.07) is 29.6. The number of nitrogens with zero attached hydrogens (tertiary/aromatic N) is 2. The summed E-state index contributed by atoms with van der Waals surface area (Å²) in [5, 5.41) is 0. The Morgan fingerprint density at radius 1 is 0.458 bits per heavy atom. The van der Waals surface area contributed by atoms with Crippen LogP contribution >= 0.6 is 27.3 Å². The van der Waals surface area contributed by atoms with Gasteiger partial charge in [0.25, 0.3) is 0 Å². The molecule has 0 aromatic heterocycles. The molecule has 4 aliphatic carbocycles. The third kappa shape index (κ3) is 13.0. The number of fused-ring (bicyclic) bond motifs is 1. The molecule has 0 radical (unpaired) electrons. The van der Waals surface area contributed by atoms with E-state index in [-0.39, 0.29) is 7.92 Å². The molecule has 1 saturated heterocycles. The molecule has 0 atom stereocenters. The van der Waals surface area contributed by atoms with Crippen LogP contribution in [-0.2, 0) is 50.4 Å². The van der Waals surface area contributed by atoms with Crippen LogP contribution in [0.2, 0.25) is 0 Å². The molecule has 3 saturated carbocycles. The Bertz CT molecular complexity index is 2350. The van der Waals surface area contributed by atoms with Crippen LogP contribution in [0.5, 0.6) is 0 Å². The Hall–Kier alpha value is -2.41. The fourth-order valence-electron chi connectivity index (χ4n) is 13.9. The molecule has 72 heavy (non-hydrogen) atoms. The van der Waals surface area contributed by atoms with Crippen molar-refractivity contribution in [3.05, 3.63) is 135 Å². The number of rotatable bonds is 18. The maximum atomic E-state index is 8.33. The van der Waals surface area contributed by atoms with E-state index >= 15 is 0 Å². The van der Waals surface area contributed by atoms with Crippen molar-refractivity contribution in [1.82, 2.24) is 0 Å². The first-order valence-corrected chi connectivity index (χ1v) is 37.6. The number of aryl methyl sites for hydroxylation is 6. The number of halogens is 2. The first-order chi connectivity index (χ1) is 35.3. The molecular formula is C66H94Cl2N2PRu+. The van der Waals surface area contributed by atoms with Crippen LogP contribution in [0.25, 0.3) is 5.57 Å². The van der Waals surface area contributed by atoms with Crippen molar-refractivity contribution in [3.8, 4) is 0 Å². The van der Waals surface area contributed by atoms with E-state index in [1.54, 1.807) is 96.3 Å². The standard InChI is InChI=1S/C33H50N2.C18H33P.C15H10.2ClH.Ru/c1-7-13-26-21-28(15-9-3)32(29(22-26)16-10-4)34-19-20-35(25-34)33-30(17-11-5)23-27(14-8-2)24-31(33)18-12-6;1-4-10-16(11-5-1)19(17-12-6-2-7-13-17)18-14-8-3-9-15-18;1-2-6-12(7-3-1)15-11-10-13-8-4-5-9-14(13)15;;;/h21-24H,7-20H2,1-6H3;16-18H,1-15H2;1-9,11H;2*1H;/q;;;;;+2/p-1. The number of allylic oxidation sites excluding steroid dienone is 1. The Morgan fingerprint density at radius 3 is 1.19 bits per heavy atom. The predicted octanol–water partition coefficient (Wildman–Crippen LogP) is 19.1. The molecule has 1 heterocycles. The number of benzene rings is 4. The molecule has 4 aromatic rings. The van der Waals surface area contributed by atoms with Crippen molar-refractivity contribution in [2.45, 2.75) is 232 Å². The van der Waals surface area contributed by atoms with Crippen molar-refractivity contribution in [2.24, 2.45) is 0 Å². The average Bonchev–Trinajstić information content (AvgIpc) is 4.02. The number of hydrogen-bond acceptors (Lipinski definition) is 2. The van der Waals surface area contributed by atoms with Crippen LogP contribution in [0.3, 0.4) is 0 Å². The summed E-state index contributed by atoms with van der Waals surface area (Å²) in [5.74, 6) is 0. The average molecular weight is 1120 g/mol. The Kier molecular flexibility index (Phi) is 21.4. The van der Waals surface area contributed by atoms with Crippen LogP contribution in [0.4, 0.5) is 11.4 Å². The van der Waals surface area contributed by atoms with Gasteiger partial charge >= 0.3 is 333 Å². The minimum atomic E-state index is -3.91. The molecule has 0 unspecified atom stereocenters. The molecule has 5 aliphatic rings. The van der Waals surface area contributed by atoms with Crippen molar-refractivity contribution in [3.63, 3.8) is 0 Å². The minimum absolute atomic E-state index is 0.0465. The zero-order valence-corrected chi connectivity index (χ0v) is 50.1. The van der Waals surface area contributed by atoms with E-state index in [0.717, 1.165) is 98.6 Å². The van der Waals surface area contributed by atoms with Crippen molar-refractivity contribution in [1.29, 1.82) is 0 Å². The predicted molar refractivity (Wildman–Crippen MR) is 321 cm³/mol. The summed E-state index contributed by atoms with van der Waals surface area (Å²) in [7, 11) is 16.6. The molecule has 0 spiro atoms. The van der Waals surface area contributed by atoms with Gasteiger partial charge in [-0.2, -0.15) is 0 Å². The van der Waals surface area contributed by atoms with E-state index in [1.165, 1.54) is 84.0 Å². The normalized spacial score (nSPS) is 18.4. The van der Waals surface area contributed by atoms with Gasteiger partial charge in [0.05, 0.1) is 17.0 Å². The summed E-state index contributed by atoms with van der Waals surface area (Å²) in [5.41, 5.74) is 19.9. The summed E-state index contributed by atoms with van der Waals surface area (Å²) < 4.78 is 2.27.